The third-order valence-corrected chi connectivity index (χ3v) is 8.30. The van der Waals surface area contributed by atoms with E-state index in [1.165, 1.54) is 41.9 Å². The molecular formula is C36H42FN3O. The van der Waals surface area contributed by atoms with E-state index in [-0.39, 0.29) is 11.7 Å². The number of nitrogens with zero attached hydrogens (tertiary/aromatic N) is 2. The summed E-state index contributed by atoms with van der Waals surface area (Å²) in [4.78, 5) is 18.1. The normalized spacial score (nSPS) is 15.7. The number of amides is 1. The minimum atomic E-state index is -0.287. The van der Waals surface area contributed by atoms with Crippen molar-refractivity contribution in [1.29, 1.82) is 0 Å². The van der Waals surface area contributed by atoms with Crippen LogP contribution in [-0.2, 0) is 0 Å². The molecule has 0 unspecified atom stereocenters. The van der Waals surface area contributed by atoms with Gasteiger partial charge in [-0.25, -0.2) is 4.39 Å². The van der Waals surface area contributed by atoms with Gasteiger partial charge in [0.2, 0.25) is 0 Å². The molecule has 0 radical (unpaired) electrons. The van der Waals surface area contributed by atoms with Crippen LogP contribution < -0.4 is 10.2 Å². The Bertz CT molecular complexity index is 1400. The first kappa shape index (κ1) is 28.7. The van der Waals surface area contributed by atoms with Gasteiger partial charge >= 0.3 is 0 Å². The molecule has 4 nitrogen and oxygen atoms in total. The Labute approximate surface area is 244 Å². The lowest BCUT2D eigenvalue weighted by atomic mass is 9.92. The number of anilines is 3. The lowest BCUT2D eigenvalue weighted by Gasteiger charge is -2.38. The summed E-state index contributed by atoms with van der Waals surface area (Å²) in [5.74, 6) is 0.894. The predicted molar refractivity (Wildman–Crippen MR) is 169 cm³/mol. The number of para-hydroxylation sites is 1. The number of aryl methyl sites for hydroxylation is 1. The smallest absolute Gasteiger partial charge is 0.253 e. The number of piperidine rings is 1. The molecule has 0 aromatic heterocycles. The van der Waals surface area contributed by atoms with Crippen LogP contribution in [0.3, 0.4) is 0 Å². The summed E-state index contributed by atoms with van der Waals surface area (Å²) < 4.78 is 13.8. The zero-order valence-electron chi connectivity index (χ0n) is 24.4. The number of halogens is 1. The van der Waals surface area contributed by atoms with Gasteiger partial charge in [0.05, 0.1) is 0 Å². The lowest BCUT2D eigenvalue weighted by molar-refractivity contribution is 0.0701. The maximum absolute atomic E-state index is 13.8. The zero-order valence-corrected chi connectivity index (χ0v) is 24.4. The van der Waals surface area contributed by atoms with E-state index in [1.54, 1.807) is 6.07 Å². The van der Waals surface area contributed by atoms with E-state index in [1.807, 2.05) is 29.2 Å². The molecule has 3 aromatic rings. The highest BCUT2D eigenvalue weighted by molar-refractivity contribution is 5.96. The SMILES string of the molecule is C=C(C1CCN(C(=O)c2ccc(Nc3cccc(F)c3)c(/C=C\CCC)c2)CC1)N(CC1CC1)c1ccccc1C. The topological polar surface area (TPSA) is 35.6 Å². The van der Waals surface area contributed by atoms with Gasteiger partial charge in [-0.2, -0.15) is 0 Å². The van der Waals surface area contributed by atoms with Crippen molar-refractivity contribution >= 4 is 29.0 Å². The number of allylic oxidation sites excluding steroid dienone is 2. The molecule has 41 heavy (non-hydrogen) atoms. The van der Waals surface area contributed by atoms with E-state index in [2.05, 4.69) is 67.1 Å². The highest BCUT2D eigenvalue weighted by Crippen LogP contribution is 2.37. The molecule has 2 aliphatic rings. The van der Waals surface area contributed by atoms with Gasteiger partial charge in [-0.05, 0) is 98.5 Å². The Morgan fingerprint density at radius 1 is 1.05 bits per heavy atom. The van der Waals surface area contributed by atoms with Crippen molar-refractivity contribution in [3.8, 4) is 0 Å². The van der Waals surface area contributed by atoms with Gasteiger partial charge in [0.1, 0.15) is 5.82 Å². The standard InChI is InChI=1S/C36H42FN3O/c1-4-5-6-11-30-23-31(17-18-34(30)38-33-13-9-12-32(37)24-33)36(41)39-21-19-29(20-22-39)27(3)40(25-28-15-16-28)35-14-8-7-10-26(35)2/h6-14,17-18,23-24,28-29,38H,3-5,15-16,19-22,25H2,1-2H3/b11-6-. The second-order valence-electron chi connectivity index (χ2n) is 11.5. The molecular weight excluding hydrogens is 509 g/mol. The quantitative estimate of drug-likeness (QED) is 0.258. The Kier molecular flexibility index (Phi) is 9.23. The molecule has 5 rings (SSSR count). The highest BCUT2D eigenvalue weighted by Gasteiger charge is 2.31. The maximum Gasteiger partial charge on any atom is 0.253 e. The Hall–Kier alpha value is -3.86. The van der Waals surface area contributed by atoms with Crippen molar-refractivity contribution < 1.29 is 9.18 Å². The van der Waals surface area contributed by atoms with Crippen LogP contribution in [0.5, 0.6) is 0 Å². The fourth-order valence-electron chi connectivity index (χ4n) is 5.66. The maximum atomic E-state index is 13.8. The summed E-state index contributed by atoms with van der Waals surface area (Å²) in [6, 6.07) is 20.8. The zero-order chi connectivity index (χ0) is 28.8. The number of hydrogen-bond acceptors (Lipinski definition) is 3. The average Bonchev–Trinajstić information content (AvgIpc) is 3.81. The van der Waals surface area contributed by atoms with Crippen molar-refractivity contribution in [3.05, 3.63) is 108 Å². The molecule has 0 atom stereocenters. The Morgan fingerprint density at radius 3 is 2.54 bits per heavy atom. The lowest BCUT2D eigenvalue weighted by Crippen LogP contribution is -2.41. The minimum Gasteiger partial charge on any atom is -0.355 e. The van der Waals surface area contributed by atoms with Crippen LogP contribution in [0.2, 0.25) is 0 Å². The number of nitrogens with one attached hydrogen (secondary N) is 1. The largest absolute Gasteiger partial charge is 0.355 e. The van der Waals surface area contributed by atoms with E-state index in [0.717, 1.165) is 62.5 Å². The first-order valence-corrected chi connectivity index (χ1v) is 15.1. The van der Waals surface area contributed by atoms with Crippen molar-refractivity contribution in [3.63, 3.8) is 0 Å². The Morgan fingerprint density at radius 2 is 1.83 bits per heavy atom. The van der Waals surface area contributed by atoms with E-state index in [0.29, 0.717) is 17.2 Å². The molecule has 1 N–H and O–H groups in total. The van der Waals surface area contributed by atoms with E-state index < -0.39 is 0 Å². The molecule has 5 heteroatoms. The summed E-state index contributed by atoms with van der Waals surface area (Å²) in [5, 5.41) is 3.32. The van der Waals surface area contributed by atoms with Crippen LogP contribution in [0.1, 0.15) is 66.9 Å². The fourth-order valence-corrected chi connectivity index (χ4v) is 5.66. The van der Waals surface area contributed by atoms with E-state index in [4.69, 9.17) is 0 Å². The van der Waals surface area contributed by atoms with Crippen LogP contribution in [0.4, 0.5) is 21.5 Å². The van der Waals surface area contributed by atoms with Crippen molar-refractivity contribution in [2.75, 3.05) is 29.9 Å². The van der Waals surface area contributed by atoms with Gasteiger partial charge in [-0.3, -0.25) is 4.79 Å². The molecule has 1 amide bonds. The second kappa shape index (κ2) is 13.2. The highest BCUT2D eigenvalue weighted by atomic mass is 19.1. The van der Waals surface area contributed by atoms with Gasteiger partial charge < -0.3 is 15.1 Å². The summed E-state index contributed by atoms with van der Waals surface area (Å²) in [6.07, 6.45) is 10.6. The number of carbonyl (C=O) groups is 1. The molecule has 1 saturated heterocycles. The van der Waals surface area contributed by atoms with Crippen molar-refractivity contribution in [1.82, 2.24) is 4.90 Å². The molecule has 3 aromatic carbocycles. The summed E-state index contributed by atoms with van der Waals surface area (Å²) in [6.45, 7) is 11.4. The third-order valence-electron chi connectivity index (χ3n) is 8.30. The summed E-state index contributed by atoms with van der Waals surface area (Å²) >= 11 is 0. The first-order valence-electron chi connectivity index (χ1n) is 15.1. The number of likely N-dealkylation sites (tertiary alicyclic amines) is 1. The van der Waals surface area contributed by atoms with Gasteiger partial charge in [-0.1, -0.05) is 56.3 Å². The van der Waals surface area contributed by atoms with Crippen molar-refractivity contribution in [2.45, 2.75) is 52.4 Å². The molecule has 1 heterocycles. The van der Waals surface area contributed by atoms with Crippen LogP contribution in [0.25, 0.3) is 6.08 Å². The molecule has 1 saturated carbocycles. The van der Waals surface area contributed by atoms with Crippen LogP contribution >= 0.6 is 0 Å². The van der Waals surface area contributed by atoms with Gasteiger partial charge in [0.25, 0.3) is 5.91 Å². The average molecular weight is 552 g/mol. The Balaban J connectivity index is 1.27. The molecule has 2 fully saturated rings. The van der Waals surface area contributed by atoms with E-state index in [9.17, 15) is 9.18 Å². The van der Waals surface area contributed by atoms with Gasteiger partial charge in [0.15, 0.2) is 0 Å². The van der Waals surface area contributed by atoms with Gasteiger partial charge in [0, 0.05) is 53.9 Å². The van der Waals surface area contributed by atoms with Crippen molar-refractivity contribution in [2.24, 2.45) is 11.8 Å². The second-order valence-corrected chi connectivity index (χ2v) is 11.5. The van der Waals surface area contributed by atoms with E-state index >= 15 is 0 Å². The molecule has 0 spiro atoms. The van der Waals surface area contributed by atoms with Crippen LogP contribution in [0.15, 0.2) is 85.1 Å². The minimum absolute atomic E-state index is 0.0604. The van der Waals surface area contributed by atoms with Crippen LogP contribution in [0, 0.1) is 24.6 Å². The fraction of sp³-hybridized carbons (Fsp3) is 0.361. The molecule has 1 aliphatic carbocycles. The first-order chi connectivity index (χ1) is 19.9. The summed E-state index contributed by atoms with van der Waals surface area (Å²) in [5.41, 5.74) is 6.86. The van der Waals surface area contributed by atoms with Crippen LogP contribution in [-0.4, -0.2) is 30.4 Å². The monoisotopic (exact) mass is 551 g/mol. The number of benzene rings is 3. The predicted octanol–water partition coefficient (Wildman–Crippen LogP) is 8.97. The number of carbonyl (C=O) groups excluding carboxylic acids is 1. The number of unbranched alkanes of at least 4 members (excludes halogenated alkanes) is 1. The molecule has 1 aliphatic heterocycles. The van der Waals surface area contributed by atoms with Gasteiger partial charge in [-0.15, -0.1) is 0 Å². The summed E-state index contributed by atoms with van der Waals surface area (Å²) in [7, 11) is 0. The number of hydrogen-bond donors (Lipinski definition) is 1. The number of rotatable bonds is 11. The molecule has 214 valence electrons. The molecule has 0 bridgehead atoms. The third kappa shape index (κ3) is 7.27.